The van der Waals surface area contributed by atoms with Crippen molar-refractivity contribution in [1.29, 1.82) is 0 Å². The summed E-state index contributed by atoms with van der Waals surface area (Å²) in [5.74, 6) is 0. The lowest BCUT2D eigenvalue weighted by Crippen LogP contribution is -2.29. The highest BCUT2D eigenvalue weighted by Gasteiger charge is 2.14. The van der Waals surface area contributed by atoms with E-state index in [9.17, 15) is 4.79 Å². The molecule has 0 N–H and O–H groups in total. The van der Waals surface area contributed by atoms with Gasteiger partial charge in [0.25, 0.3) is 0 Å². The molecule has 1 aromatic carbocycles. The van der Waals surface area contributed by atoms with Crippen LogP contribution in [-0.2, 0) is 4.74 Å². The largest absolute Gasteiger partial charge is 0.382 e. The van der Waals surface area contributed by atoms with Crippen molar-refractivity contribution < 1.29 is 4.74 Å². The predicted octanol–water partition coefficient (Wildman–Crippen LogP) is 1.86. The Morgan fingerprint density at radius 3 is 2.79 bits per heavy atom. The van der Waals surface area contributed by atoms with Crippen LogP contribution in [0, 0.1) is 13.8 Å². The number of nitrogens with zero attached hydrogens (tertiary/aromatic N) is 3. The van der Waals surface area contributed by atoms with Gasteiger partial charge in [0.1, 0.15) is 6.33 Å². The predicted molar refractivity (Wildman–Crippen MR) is 73.9 cm³/mol. The van der Waals surface area contributed by atoms with Gasteiger partial charge in [-0.05, 0) is 38.0 Å². The van der Waals surface area contributed by atoms with E-state index in [4.69, 9.17) is 4.74 Å². The minimum absolute atomic E-state index is 0.0695. The summed E-state index contributed by atoms with van der Waals surface area (Å²) in [6, 6.07) is 6.07. The highest BCUT2D eigenvalue weighted by atomic mass is 16.5. The summed E-state index contributed by atoms with van der Waals surface area (Å²) in [6.45, 7) is 6.45. The van der Waals surface area contributed by atoms with Gasteiger partial charge in [-0.2, -0.15) is 4.98 Å². The fourth-order valence-corrected chi connectivity index (χ4v) is 2.17. The van der Waals surface area contributed by atoms with Crippen LogP contribution in [0.5, 0.6) is 0 Å². The Bertz CT molecular complexity index is 628. The Morgan fingerprint density at radius 1 is 1.37 bits per heavy atom. The summed E-state index contributed by atoms with van der Waals surface area (Å²) in [6.07, 6.45) is 1.57. The summed E-state index contributed by atoms with van der Waals surface area (Å²) < 4.78 is 8.54. The maximum atomic E-state index is 11.9. The third kappa shape index (κ3) is 2.61. The van der Waals surface area contributed by atoms with Gasteiger partial charge in [0.05, 0.1) is 18.3 Å². The molecule has 0 fully saturated rings. The summed E-state index contributed by atoms with van der Waals surface area (Å²) in [5.41, 5.74) is 2.96. The molecule has 0 saturated heterocycles. The highest BCUT2D eigenvalue weighted by molar-refractivity contribution is 5.42. The van der Waals surface area contributed by atoms with Crippen LogP contribution in [0.15, 0.2) is 29.3 Å². The maximum absolute atomic E-state index is 11.9. The second kappa shape index (κ2) is 5.40. The van der Waals surface area contributed by atoms with E-state index in [1.807, 2.05) is 32.9 Å². The molecule has 0 spiro atoms. The number of aryl methyl sites for hydroxylation is 2. The van der Waals surface area contributed by atoms with E-state index in [1.54, 1.807) is 22.8 Å². The van der Waals surface area contributed by atoms with Crippen molar-refractivity contribution in [2.24, 2.45) is 0 Å². The van der Waals surface area contributed by atoms with E-state index in [0.717, 1.165) is 16.8 Å². The third-order valence-electron chi connectivity index (χ3n) is 3.14. The molecular formula is C14H19N3O2. The molecule has 1 aromatic heterocycles. The van der Waals surface area contributed by atoms with Gasteiger partial charge >= 0.3 is 5.69 Å². The number of aromatic nitrogens is 3. The van der Waals surface area contributed by atoms with Gasteiger partial charge in [0, 0.05) is 7.11 Å². The standard InChI is InChI=1S/C14H19N3O2/c1-10-5-6-11(2)13(7-10)16-9-15-14(18)17(16)12(3)8-19-4/h5-7,9,12H,8H2,1-4H3/t12-/m1/s1. The van der Waals surface area contributed by atoms with Crippen LogP contribution in [-0.4, -0.2) is 28.1 Å². The Balaban J connectivity index is 2.57. The lowest BCUT2D eigenvalue weighted by Gasteiger charge is -2.18. The molecule has 2 aromatic rings. The van der Waals surface area contributed by atoms with Gasteiger partial charge in [-0.3, -0.25) is 0 Å². The lowest BCUT2D eigenvalue weighted by molar-refractivity contribution is 0.152. The van der Waals surface area contributed by atoms with Gasteiger partial charge < -0.3 is 4.74 Å². The molecule has 0 bridgehead atoms. The van der Waals surface area contributed by atoms with Crippen LogP contribution in [0.4, 0.5) is 0 Å². The molecule has 2 rings (SSSR count). The van der Waals surface area contributed by atoms with Crippen molar-refractivity contribution in [2.45, 2.75) is 26.8 Å². The zero-order chi connectivity index (χ0) is 14.0. The molecule has 0 aliphatic heterocycles. The molecule has 19 heavy (non-hydrogen) atoms. The number of benzene rings is 1. The minimum Gasteiger partial charge on any atom is -0.382 e. The Hall–Kier alpha value is -1.88. The summed E-state index contributed by atoms with van der Waals surface area (Å²) >= 11 is 0. The van der Waals surface area contributed by atoms with E-state index >= 15 is 0 Å². The maximum Gasteiger partial charge on any atom is 0.364 e. The molecule has 1 atom stereocenters. The topological polar surface area (TPSA) is 49.1 Å². The Labute approximate surface area is 112 Å². The minimum atomic E-state index is -0.259. The van der Waals surface area contributed by atoms with Gasteiger partial charge in [0.2, 0.25) is 0 Å². The van der Waals surface area contributed by atoms with E-state index in [0.29, 0.717) is 6.61 Å². The van der Waals surface area contributed by atoms with Crippen molar-refractivity contribution in [2.75, 3.05) is 13.7 Å². The lowest BCUT2D eigenvalue weighted by atomic mass is 10.1. The number of ether oxygens (including phenoxy) is 1. The molecule has 102 valence electrons. The second-order valence-electron chi connectivity index (χ2n) is 4.81. The van der Waals surface area contributed by atoms with E-state index in [1.165, 1.54) is 0 Å². The first-order valence-corrected chi connectivity index (χ1v) is 6.27. The van der Waals surface area contributed by atoms with Gasteiger partial charge in [0.15, 0.2) is 0 Å². The van der Waals surface area contributed by atoms with Crippen molar-refractivity contribution in [3.63, 3.8) is 0 Å². The van der Waals surface area contributed by atoms with E-state index in [-0.39, 0.29) is 11.7 Å². The first-order chi connectivity index (χ1) is 9.04. The monoisotopic (exact) mass is 261 g/mol. The van der Waals surface area contributed by atoms with Crippen molar-refractivity contribution in [1.82, 2.24) is 14.3 Å². The molecule has 0 saturated carbocycles. The number of methoxy groups -OCH3 is 1. The van der Waals surface area contributed by atoms with Crippen molar-refractivity contribution >= 4 is 0 Å². The zero-order valence-corrected chi connectivity index (χ0v) is 11.8. The SMILES string of the molecule is COC[C@@H](C)n1c(=O)ncn1-c1cc(C)ccc1C. The first kappa shape index (κ1) is 13.5. The molecule has 0 unspecified atom stereocenters. The van der Waals surface area contributed by atoms with Crippen LogP contribution >= 0.6 is 0 Å². The van der Waals surface area contributed by atoms with Gasteiger partial charge in [-0.15, -0.1) is 0 Å². The summed E-state index contributed by atoms with van der Waals surface area (Å²) in [5, 5.41) is 0. The van der Waals surface area contributed by atoms with E-state index < -0.39 is 0 Å². The molecule has 1 heterocycles. The Kier molecular flexibility index (Phi) is 3.85. The van der Waals surface area contributed by atoms with Gasteiger partial charge in [-0.25, -0.2) is 14.2 Å². The van der Waals surface area contributed by atoms with Crippen LogP contribution in [0.3, 0.4) is 0 Å². The first-order valence-electron chi connectivity index (χ1n) is 6.27. The zero-order valence-electron chi connectivity index (χ0n) is 11.8. The highest BCUT2D eigenvalue weighted by Crippen LogP contribution is 2.16. The van der Waals surface area contributed by atoms with Gasteiger partial charge in [-0.1, -0.05) is 12.1 Å². The quantitative estimate of drug-likeness (QED) is 0.844. The molecular weight excluding hydrogens is 242 g/mol. The number of hydrogen-bond donors (Lipinski definition) is 0. The smallest absolute Gasteiger partial charge is 0.364 e. The van der Waals surface area contributed by atoms with Crippen LogP contribution < -0.4 is 5.69 Å². The average molecular weight is 261 g/mol. The molecule has 0 radical (unpaired) electrons. The molecule has 0 amide bonds. The normalized spacial score (nSPS) is 12.6. The molecule has 5 heteroatoms. The van der Waals surface area contributed by atoms with Crippen LogP contribution in [0.2, 0.25) is 0 Å². The number of hydrogen-bond acceptors (Lipinski definition) is 3. The Morgan fingerprint density at radius 2 is 2.11 bits per heavy atom. The fourth-order valence-electron chi connectivity index (χ4n) is 2.17. The average Bonchev–Trinajstić information content (AvgIpc) is 2.74. The van der Waals surface area contributed by atoms with Crippen molar-refractivity contribution in [3.05, 3.63) is 46.1 Å². The molecule has 5 nitrogen and oxygen atoms in total. The fraction of sp³-hybridized carbons (Fsp3) is 0.429. The van der Waals surface area contributed by atoms with Crippen LogP contribution in [0.1, 0.15) is 24.1 Å². The number of rotatable bonds is 4. The molecule has 0 aliphatic carbocycles. The summed E-state index contributed by atoms with van der Waals surface area (Å²) in [7, 11) is 1.63. The van der Waals surface area contributed by atoms with Crippen LogP contribution in [0.25, 0.3) is 5.69 Å². The van der Waals surface area contributed by atoms with Crippen molar-refractivity contribution in [3.8, 4) is 5.69 Å². The van der Waals surface area contributed by atoms with E-state index in [2.05, 4.69) is 11.1 Å². The molecule has 0 aliphatic rings. The third-order valence-corrected chi connectivity index (χ3v) is 3.14. The second-order valence-corrected chi connectivity index (χ2v) is 4.81. The summed E-state index contributed by atoms with van der Waals surface area (Å²) in [4.78, 5) is 15.8.